The van der Waals surface area contributed by atoms with Crippen molar-refractivity contribution in [3.8, 4) is 0 Å². The second kappa shape index (κ2) is 12.0. The molecule has 11 heteroatoms. The molecule has 0 atom stereocenters. The Morgan fingerprint density at radius 2 is 1.75 bits per heavy atom. The van der Waals surface area contributed by atoms with Gasteiger partial charge in [0.2, 0.25) is 15.9 Å². The number of hydrogen-bond donors (Lipinski definition) is 0. The lowest BCUT2D eigenvalue weighted by atomic mass is 10.2. The highest BCUT2D eigenvalue weighted by molar-refractivity contribution is 7.89. The fourth-order valence-electron chi connectivity index (χ4n) is 3.49. The Morgan fingerprint density at radius 1 is 1.03 bits per heavy atom. The van der Waals surface area contributed by atoms with E-state index in [1.165, 1.54) is 18.4 Å². The fraction of sp³-hybridized carbons (Fsp3) is 0.320. The Balaban J connectivity index is 1.91. The predicted molar refractivity (Wildman–Crippen MR) is 132 cm³/mol. The molecule has 3 rings (SSSR count). The lowest BCUT2D eigenvalue weighted by molar-refractivity contribution is -0.137. The Morgan fingerprint density at radius 3 is 2.36 bits per heavy atom. The minimum absolute atomic E-state index is 0.0335. The van der Waals surface area contributed by atoms with Crippen LogP contribution in [-0.2, 0) is 38.8 Å². The van der Waals surface area contributed by atoms with E-state index >= 15 is 0 Å². The predicted octanol–water partition coefficient (Wildman–Crippen LogP) is 4.94. The number of halogens is 3. The zero-order valence-electron chi connectivity index (χ0n) is 19.9. The molecule has 0 aliphatic heterocycles. The summed E-state index contributed by atoms with van der Waals surface area (Å²) in [6.07, 6.45) is -4.70. The zero-order valence-corrected chi connectivity index (χ0v) is 21.5. The first-order valence-electron chi connectivity index (χ1n) is 11.0. The molecular formula is C25H27F3N2O4S2. The van der Waals surface area contributed by atoms with Crippen molar-refractivity contribution in [3.63, 3.8) is 0 Å². The molecule has 2 aromatic carbocycles. The first-order chi connectivity index (χ1) is 17.0. The van der Waals surface area contributed by atoms with Gasteiger partial charge in [0.05, 0.1) is 30.2 Å². The first kappa shape index (κ1) is 27.9. The molecule has 1 amide bonds. The number of benzene rings is 2. The molecular weight excluding hydrogens is 513 g/mol. The summed E-state index contributed by atoms with van der Waals surface area (Å²) >= 11 is 1.49. The minimum atomic E-state index is -4.70. The highest BCUT2D eigenvalue weighted by Crippen LogP contribution is 2.31. The van der Waals surface area contributed by atoms with Crippen LogP contribution < -0.4 is 0 Å². The molecule has 0 bridgehead atoms. The van der Waals surface area contributed by atoms with Crippen LogP contribution in [0.5, 0.6) is 0 Å². The van der Waals surface area contributed by atoms with Crippen molar-refractivity contribution in [1.82, 2.24) is 9.21 Å². The SMILES string of the molecule is COCCN(CC(=O)N(Cc1ccccc1)Cc1sccc1C)S(=O)(=O)c1cccc(C(F)(F)F)c1. The molecule has 6 nitrogen and oxygen atoms in total. The van der Waals surface area contributed by atoms with Gasteiger partial charge in [-0.3, -0.25) is 4.79 Å². The number of carbonyl (C=O) groups is 1. The van der Waals surface area contributed by atoms with Crippen LogP contribution in [0.2, 0.25) is 0 Å². The number of amides is 1. The van der Waals surface area contributed by atoms with Crippen LogP contribution in [0.4, 0.5) is 13.2 Å². The van der Waals surface area contributed by atoms with Gasteiger partial charge >= 0.3 is 6.18 Å². The molecule has 0 aliphatic rings. The highest BCUT2D eigenvalue weighted by Gasteiger charge is 2.34. The molecule has 194 valence electrons. The normalized spacial score (nSPS) is 12.2. The number of rotatable bonds is 11. The second-order valence-electron chi connectivity index (χ2n) is 8.12. The molecule has 0 N–H and O–H groups in total. The molecule has 0 fully saturated rings. The third kappa shape index (κ3) is 7.16. The standard InChI is InChI=1S/C25H27F3N2O4S2/c1-19-11-14-35-23(19)17-29(16-20-7-4-3-5-8-20)24(31)18-30(12-13-34-2)36(32,33)22-10-6-9-21(15-22)25(26,27)28/h3-11,14-15H,12-13,16-18H2,1-2H3. The van der Waals surface area contributed by atoms with Crippen LogP contribution in [0.1, 0.15) is 21.6 Å². The third-order valence-electron chi connectivity index (χ3n) is 5.53. The average molecular weight is 541 g/mol. The second-order valence-corrected chi connectivity index (χ2v) is 11.1. The van der Waals surface area contributed by atoms with Gasteiger partial charge in [-0.15, -0.1) is 11.3 Å². The number of alkyl halides is 3. The number of hydrogen-bond acceptors (Lipinski definition) is 5. The van der Waals surface area contributed by atoms with Gasteiger partial charge < -0.3 is 9.64 Å². The van der Waals surface area contributed by atoms with Crippen molar-refractivity contribution >= 4 is 27.3 Å². The van der Waals surface area contributed by atoms with Crippen molar-refractivity contribution in [2.45, 2.75) is 31.1 Å². The summed E-state index contributed by atoms with van der Waals surface area (Å²) in [6.45, 7) is 1.68. The van der Waals surface area contributed by atoms with Crippen LogP contribution in [0.3, 0.4) is 0 Å². The molecule has 3 aromatic rings. The molecule has 0 saturated carbocycles. The minimum Gasteiger partial charge on any atom is -0.383 e. The van der Waals surface area contributed by atoms with E-state index in [1.807, 2.05) is 48.7 Å². The molecule has 1 aromatic heterocycles. The van der Waals surface area contributed by atoms with Crippen molar-refractivity contribution in [3.05, 3.63) is 87.6 Å². The Kier molecular flexibility index (Phi) is 9.29. The largest absolute Gasteiger partial charge is 0.416 e. The Labute approximate surface area is 213 Å². The maximum atomic E-state index is 13.5. The number of nitrogens with zero attached hydrogens (tertiary/aromatic N) is 2. The summed E-state index contributed by atoms with van der Waals surface area (Å²) < 4.78 is 72.2. The molecule has 0 spiro atoms. The third-order valence-corrected chi connectivity index (χ3v) is 8.38. The van der Waals surface area contributed by atoms with Gasteiger partial charge in [-0.2, -0.15) is 17.5 Å². The molecule has 0 aliphatic carbocycles. The van der Waals surface area contributed by atoms with Gasteiger partial charge in [-0.05, 0) is 47.7 Å². The molecule has 0 saturated heterocycles. The van der Waals surface area contributed by atoms with Gasteiger partial charge in [0.25, 0.3) is 0 Å². The van der Waals surface area contributed by atoms with E-state index in [0.29, 0.717) is 6.07 Å². The molecule has 1 heterocycles. The Hall–Kier alpha value is -2.73. The number of aryl methyl sites for hydroxylation is 1. The summed E-state index contributed by atoms with van der Waals surface area (Å²) in [5.74, 6) is -0.474. The van der Waals surface area contributed by atoms with Crippen molar-refractivity contribution in [2.24, 2.45) is 0 Å². The Bertz CT molecular complexity index is 1260. The van der Waals surface area contributed by atoms with Crippen LogP contribution in [0.25, 0.3) is 0 Å². The van der Waals surface area contributed by atoms with Crippen molar-refractivity contribution < 1.29 is 31.1 Å². The lowest BCUT2D eigenvalue weighted by Crippen LogP contribution is -2.43. The maximum absolute atomic E-state index is 13.5. The first-order valence-corrected chi connectivity index (χ1v) is 13.4. The van der Waals surface area contributed by atoms with Crippen LogP contribution in [0, 0.1) is 6.92 Å². The number of thiophene rings is 1. The number of methoxy groups -OCH3 is 1. The van der Waals surface area contributed by atoms with Crippen molar-refractivity contribution in [1.29, 1.82) is 0 Å². The highest BCUT2D eigenvalue weighted by atomic mass is 32.2. The maximum Gasteiger partial charge on any atom is 0.416 e. The summed E-state index contributed by atoms with van der Waals surface area (Å²) in [4.78, 5) is 15.4. The van der Waals surface area contributed by atoms with Crippen LogP contribution in [-0.4, -0.2) is 50.3 Å². The number of sulfonamides is 1. The number of carbonyl (C=O) groups excluding carboxylic acids is 1. The summed E-state index contributed by atoms with van der Waals surface area (Å²) in [5, 5.41) is 1.92. The lowest BCUT2D eigenvalue weighted by Gasteiger charge is -2.27. The molecule has 0 radical (unpaired) electrons. The monoisotopic (exact) mass is 540 g/mol. The van der Waals surface area contributed by atoms with E-state index in [0.717, 1.165) is 38.5 Å². The number of ether oxygens (including phenoxy) is 1. The van der Waals surface area contributed by atoms with Gasteiger partial charge in [-0.25, -0.2) is 8.42 Å². The quantitative estimate of drug-likeness (QED) is 0.346. The van der Waals surface area contributed by atoms with Gasteiger partial charge in [-0.1, -0.05) is 36.4 Å². The smallest absolute Gasteiger partial charge is 0.383 e. The summed E-state index contributed by atoms with van der Waals surface area (Å²) in [5.41, 5.74) is 0.795. The molecule has 0 unspecified atom stereocenters. The topological polar surface area (TPSA) is 66.9 Å². The summed E-state index contributed by atoms with van der Waals surface area (Å²) in [6, 6.07) is 14.7. The van der Waals surface area contributed by atoms with E-state index in [2.05, 4.69) is 0 Å². The zero-order chi connectivity index (χ0) is 26.3. The van der Waals surface area contributed by atoms with Gasteiger partial charge in [0.1, 0.15) is 0 Å². The average Bonchev–Trinajstić information content (AvgIpc) is 3.25. The summed E-state index contributed by atoms with van der Waals surface area (Å²) in [7, 11) is -3.05. The van der Waals surface area contributed by atoms with Gasteiger partial charge in [0, 0.05) is 25.1 Å². The van der Waals surface area contributed by atoms with Crippen LogP contribution >= 0.6 is 11.3 Å². The van der Waals surface area contributed by atoms with E-state index < -0.39 is 39.1 Å². The van der Waals surface area contributed by atoms with E-state index in [-0.39, 0.29) is 26.2 Å². The van der Waals surface area contributed by atoms with E-state index in [9.17, 15) is 26.4 Å². The van der Waals surface area contributed by atoms with E-state index in [4.69, 9.17) is 4.74 Å². The van der Waals surface area contributed by atoms with Crippen molar-refractivity contribution in [2.75, 3.05) is 26.8 Å². The fourth-order valence-corrected chi connectivity index (χ4v) is 5.83. The van der Waals surface area contributed by atoms with E-state index in [1.54, 1.807) is 4.90 Å². The van der Waals surface area contributed by atoms with Gasteiger partial charge in [0.15, 0.2) is 0 Å². The molecule has 36 heavy (non-hydrogen) atoms. The van der Waals surface area contributed by atoms with Crippen LogP contribution in [0.15, 0.2) is 70.9 Å².